The van der Waals surface area contributed by atoms with Gasteiger partial charge in [0.1, 0.15) is 0 Å². The fraction of sp³-hybridized carbons (Fsp3) is 0.263. The average Bonchev–Trinajstić information content (AvgIpc) is 2.65. The Kier molecular flexibility index (Phi) is 7.54. The number of amides is 2. The molecule has 0 aliphatic heterocycles. The fourth-order valence-corrected chi connectivity index (χ4v) is 2.30. The van der Waals surface area contributed by atoms with Gasteiger partial charge >= 0.3 is 6.61 Å². The molecule has 2 aromatic carbocycles. The number of benzene rings is 2. The van der Waals surface area contributed by atoms with Crippen molar-refractivity contribution in [2.45, 2.75) is 19.6 Å². The summed E-state index contributed by atoms with van der Waals surface area (Å²) in [6.07, 6.45) is 0.181. The molecule has 0 aliphatic rings. The largest absolute Gasteiger partial charge is 0.493 e. The summed E-state index contributed by atoms with van der Waals surface area (Å²) < 4.78 is 34.2. The molecule has 0 radical (unpaired) electrons. The molecule has 0 saturated heterocycles. The van der Waals surface area contributed by atoms with E-state index in [4.69, 9.17) is 4.74 Å². The van der Waals surface area contributed by atoms with Gasteiger partial charge in [-0.3, -0.25) is 9.59 Å². The number of methoxy groups -OCH3 is 1. The van der Waals surface area contributed by atoms with Crippen molar-refractivity contribution in [3.63, 3.8) is 0 Å². The van der Waals surface area contributed by atoms with Crippen molar-refractivity contribution in [2.75, 3.05) is 13.7 Å². The molecule has 6 nitrogen and oxygen atoms in total. The highest BCUT2D eigenvalue weighted by Crippen LogP contribution is 2.29. The lowest BCUT2D eigenvalue weighted by Gasteiger charge is -2.12. The number of hydrogen-bond acceptors (Lipinski definition) is 4. The van der Waals surface area contributed by atoms with Crippen LogP contribution in [0.15, 0.2) is 48.5 Å². The van der Waals surface area contributed by atoms with Crippen molar-refractivity contribution in [3.8, 4) is 11.5 Å². The molecule has 0 aromatic heterocycles. The van der Waals surface area contributed by atoms with Gasteiger partial charge in [0, 0.05) is 6.54 Å². The van der Waals surface area contributed by atoms with Crippen LogP contribution < -0.4 is 20.1 Å². The van der Waals surface area contributed by atoms with E-state index < -0.39 is 12.5 Å². The molecule has 2 aromatic rings. The van der Waals surface area contributed by atoms with Crippen LogP contribution >= 0.6 is 0 Å². The Balaban J connectivity index is 1.80. The maximum atomic E-state index is 12.4. The van der Waals surface area contributed by atoms with Gasteiger partial charge in [0.25, 0.3) is 0 Å². The molecule has 27 heavy (non-hydrogen) atoms. The van der Waals surface area contributed by atoms with Crippen LogP contribution in [0.3, 0.4) is 0 Å². The van der Waals surface area contributed by atoms with Crippen molar-refractivity contribution in [3.05, 3.63) is 59.7 Å². The zero-order valence-electron chi connectivity index (χ0n) is 14.7. The minimum atomic E-state index is -2.98. The molecular weight excluding hydrogens is 358 g/mol. The summed E-state index contributed by atoms with van der Waals surface area (Å²) in [4.78, 5) is 23.7. The SMILES string of the molecule is COc1ccc(CNC(=O)CNC(=O)Cc2ccccc2)cc1OC(F)F. The van der Waals surface area contributed by atoms with Gasteiger partial charge in [0.15, 0.2) is 11.5 Å². The van der Waals surface area contributed by atoms with Gasteiger partial charge in [-0.15, -0.1) is 0 Å². The Morgan fingerprint density at radius 3 is 2.37 bits per heavy atom. The van der Waals surface area contributed by atoms with Gasteiger partial charge in [-0.25, -0.2) is 0 Å². The molecule has 0 heterocycles. The van der Waals surface area contributed by atoms with Gasteiger partial charge in [-0.2, -0.15) is 8.78 Å². The third kappa shape index (κ3) is 6.93. The van der Waals surface area contributed by atoms with Gasteiger partial charge in [-0.05, 0) is 23.3 Å². The molecule has 0 spiro atoms. The lowest BCUT2D eigenvalue weighted by Crippen LogP contribution is -2.37. The van der Waals surface area contributed by atoms with Gasteiger partial charge in [-0.1, -0.05) is 36.4 Å². The predicted octanol–water partition coefficient (Wildman–Crippen LogP) is 2.27. The lowest BCUT2D eigenvalue weighted by atomic mass is 10.1. The first-order chi connectivity index (χ1) is 13.0. The van der Waals surface area contributed by atoms with Crippen molar-refractivity contribution < 1.29 is 27.8 Å². The zero-order chi connectivity index (χ0) is 19.6. The van der Waals surface area contributed by atoms with Gasteiger partial charge < -0.3 is 20.1 Å². The summed E-state index contributed by atoms with van der Waals surface area (Å²) in [6.45, 7) is -3.07. The van der Waals surface area contributed by atoms with Crippen LogP contribution in [0.4, 0.5) is 8.78 Å². The van der Waals surface area contributed by atoms with E-state index in [1.807, 2.05) is 30.3 Å². The Morgan fingerprint density at radius 1 is 0.963 bits per heavy atom. The van der Waals surface area contributed by atoms with E-state index in [1.54, 1.807) is 6.07 Å². The topological polar surface area (TPSA) is 76.7 Å². The molecule has 0 unspecified atom stereocenters. The molecule has 0 atom stereocenters. The van der Waals surface area contributed by atoms with Gasteiger partial charge in [0.05, 0.1) is 20.1 Å². The number of rotatable bonds is 9. The van der Waals surface area contributed by atoms with Crippen LogP contribution in [0.5, 0.6) is 11.5 Å². The summed E-state index contributed by atoms with van der Waals surface area (Å²) in [5.74, 6) is -0.620. The average molecular weight is 378 g/mol. The van der Waals surface area contributed by atoms with Crippen molar-refractivity contribution in [1.29, 1.82) is 0 Å². The van der Waals surface area contributed by atoms with E-state index in [9.17, 15) is 18.4 Å². The van der Waals surface area contributed by atoms with E-state index in [-0.39, 0.29) is 36.9 Å². The van der Waals surface area contributed by atoms with E-state index >= 15 is 0 Å². The number of carbonyl (C=O) groups excluding carboxylic acids is 2. The number of nitrogens with one attached hydrogen (secondary N) is 2. The minimum Gasteiger partial charge on any atom is -0.493 e. The molecular formula is C19H20F2N2O4. The number of ether oxygens (including phenoxy) is 2. The van der Waals surface area contributed by atoms with Crippen molar-refractivity contribution >= 4 is 11.8 Å². The summed E-state index contributed by atoms with van der Waals surface area (Å²) >= 11 is 0. The highest BCUT2D eigenvalue weighted by atomic mass is 19.3. The lowest BCUT2D eigenvalue weighted by molar-refractivity contribution is -0.125. The van der Waals surface area contributed by atoms with E-state index in [1.165, 1.54) is 19.2 Å². The van der Waals surface area contributed by atoms with Crippen LogP contribution in [0.1, 0.15) is 11.1 Å². The molecule has 0 saturated carbocycles. The Hall–Kier alpha value is -3.16. The number of halogens is 2. The molecule has 0 fully saturated rings. The van der Waals surface area contributed by atoms with E-state index in [0.717, 1.165) is 5.56 Å². The maximum Gasteiger partial charge on any atom is 0.387 e. The monoisotopic (exact) mass is 378 g/mol. The fourth-order valence-electron chi connectivity index (χ4n) is 2.30. The summed E-state index contributed by atoms with van der Waals surface area (Å²) in [7, 11) is 1.34. The third-order valence-electron chi connectivity index (χ3n) is 3.59. The molecule has 2 amide bonds. The normalized spacial score (nSPS) is 10.4. The van der Waals surface area contributed by atoms with Crippen LogP contribution in [0.2, 0.25) is 0 Å². The minimum absolute atomic E-state index is 0.0942. The van der Waals surface area contributed by atoms with Gasteiger partial charge in [0.2, 0.25) is 11.8 Å². The summed E-state index contributed by atoms with van der Waals surface area (Å²) in [6, 6.07) is 13.6. The smallest absolute Gasteiger partial charge is 0.387 e. The molecule has 0 bridgehead atoms. The molecule has 8 heteroatoms. The van der Waals surface area contributed by atoms with Crippen LogP contribution in [0, 0.1) is 0 Å². The first kappa shape index (κ1) is 20.2. The Bertz CT molecular complexity index is 770. The highest BCUT2D eigenvalue weighted by molar-refractivity contribution is 5.85. The summed E-state index contributed by atoms with van der Waals surface area (Å²) in [5.41, 5.74) is 1.40. The maximum absolute atomic E-state index is 12.4. The first-order valence-electron chi connectivity index (χ1n) is 8.17. The second-order valence-corrected chi connectivity index (χ2v) is 5.58. The predicted molar refractivity (Wildman–Crippen MR) is 94.6 cm³/mol. The molecule has 0 aliphatic carbocycles. The standard InChI is InChI=1S/C19H20F2N2O4/c1-26-15-8-7-14(9-16(15)27-19(20)21)11-22-18(25)12-23-17(24)10-13-5-3-2-4-6-13/h2-9,19H,10-12H2,1H3,(H,22,25)(H,23,24). The third-order valence-corrected chi connectivity index (χ3v) is 3.59. The van der Waals surface area contributed by atoms with Crippen LogP contribution in [-0.4, -0.2) is 32.1 Å². The van der Waals surface area contributed by atoms with E-state index in [0.29, 0.717) is 5.56 Å². The van der Waals surface area contributed by atoms with Crippen molar-refractivity contribution in [2.24, 2.45) is 0 Å². The quantitative estimate of drug-likeness (QED) is 0.702. The Labute approximate surface area is 155 Å². The first-order valence-corrected chi connectivity index (χ1v) is 8.17. The molecule has 144 valence electrons. The second-order valence-electron chi connectivity index (χ2n) is 5.58. The molecule has 2 rings (SSSR count). The van der Waals surface area contributed by atoms with Crippen LogP contribution in [-0.2, 0) is 22.6 Å². The zero-order valence-corrected chi connectivity index (χ0v) is 14.7. The van der Waals surface area contributed by atoms with Crippen molar-refractivity contribution in [1.82, 2.24) is 10.6 Å². The second kappa shape index (κ2) is 10.1. The van der Waals surface area contributed by atoms with Crippen LogP contribution in [0.25, 0.3) is 0 Å². The summed E-state index contributed by atoms with van der Waals surface area (Å²) in [5, 5.41) is 5.13. The number of carbonyl (C=O) groups is 2. The molecule has 2 N–H and O–H groups in total. The number of alkyl halides is 2. The Morgan fingerprint density at radius 2 is 1.70 bits per heavy atom. The number of hydrogen-bond donors (Lipinski definition) is 2. The van der Waals surface area contributed by atoms with E-state index in [2.05, 4.69) is 15.4 Å². The highest BCUT2D eigenvalue weighted by Gasteiger charge is 2.12.